The van der Waals surface area contributed by atoms with Crippen molar-refractivity contribution in [1.82, 2.24) is 20.9 Å². The molecule has 3 amide bonds. The van der Waals surface area contributed by atoms with E-state index in [0.29, 0.717) is 11.1 Å². The molecule has 0 spiro atoms. The monoisotopic (exact) mass is 622 g/mol. The highest BCUT2D eigenvalue weighted by atomic mass is 16.4. The minimum Gasteiger partial charge on any atom is -0.481 e. The Hall–Kier alpha value is -5.44. The SMILES string of the molecule is NC(N)=NCCCC(NC(=O)C(Cc1ccccc1)NC(=O)C(Cc1c[nH]c2ccccc12)NC(=O)C(N)CC(=O)O)C(=O)O. The number of nitrogens with zero attached hydrogens (tertiary/aromatic N) is 1. The second-order valence-electron chi connectivity index (χ2n) is 10.4. The van der Waals surface area contributed by atoms with Gasteiger partial charge in [0, 0.05) is 36.5 Å². The summed E-state index contributed by atoms with van der Waals surface area (Å²) >= 11 is 0. The summed E-state index contributed by atoms with van der Waals surface area (Å²) in [7, 11) is 0. The van der Waals surface area contributed by atoms with Gasteiger partial charge in [-0.05, 0) is 30.0 Å². The van der Waals surface area contributed by atoms with E-state index in [1.165, 1.54) is 0 Å². The largest absolute Gasteiger partial charge is 0.481 e. The van der Waals surface area contributed by atoms with Crippen LogP contribution in [0, 0.1) is 0 Å². The number of H-pyrrole nitrogens is 1. The Morgan fingerprint density at radius 1 is 0.800 bits per heavy atom. The van der Waals surface area contributed by atoms with E-state index in [1.807, 2.05) is 24.3 Å². The number of aromatic amines is 1. The lowest BCUT2D eigenvalue weighted by atomic mass is 10.0. The molecule has 12 N–H and O–H groups in total. The summed E-state index contributed by atoms with van der Waals surface area (Å²) in [5.41, 5.74) is 18.5. The number of rotatable bonds is 17. The van der Waals surface area contributed by atoms with Crippen LogP contribution < -0.4 is 33.2 Å². The zero-order chi connectivity index (χ0) is 32.9. The molecule has 0 saturated heterocycles. The van der Waals surface area contributed by atoms with Crippen molar-refractivity contribution in [2.45, 2.75) is 56.3 Å². The summed E-state index contributed by atoms with van der Waals surface area (Å²) in [5, 5.41) is 27.3. The number of carboxylic acids is 2. The van der Waals surface area contributed by atoms with Crippen molar-refractivity contribution >= 4 is 46.5 Å². The number of carbonyl (C=O) groups excluding carboxylic acids is 3. The fraction of sp³-hybridized carbons (Fsp3) is 0.333. The molecule has 1 heterocycles. The van der Waals surface area contributed by atoms with Gasteiger partial charge in [-0.25, -0.2) is 4.79 Å². The third-order valence-electron chi connectivity index (χ3n) is 6.94. The van der Waals surface area contributed by atoms with Crippen LogP contribution in [0.15, 0.2) is 65.8 Å². The van der Waals surface area contributed by atoms with Crippen LogP contribution in [0.25, 0.3) is 10.9 Å². The number of carboxylic acid groups (broad SMARTS) is 2. The van der Waals surface area contributed by atoms with Crippen LogP contribution in [-0.4, -0.2) is 81.5 Å². The van der Waals surface area contributed by atoms with Crippen molar-refractivity contribution in [3.63, 3.8) is 0 Å². The molecule has 0 bridgehead atoms. The van der Waals surface area contributed by atoms with Gasteiger partial charge in [0.25, 0.3) is 0 Å². The van der Waals surface area contributed by atoms with E-state index in [2.05, 4.69) is 25.9 Å². The van der Waals surface area contributed by atoms with Crippen LogP contribution in [0.2, 0.25) is 0 Å². The lowest BCUT2D eigenvalue weighted by molar-refractivity contribution is -0.142. The van der Waals surface area contributed by atoms with Gasteiger partial charge in [-0.15, -0.1) is 0 Å². The second-order valence-corrected chi connectivity index (χ2v) is 10.4. The molecule has 1 aromatic heterocycles. The maximum absolute atomic E-state index is 13.8. The van der Waals surface area contributed by atoms with Crippen LogP contribution in [-0.2, 0) is 36.8 Å². The van der Waals surface area contributed by atoms with Crippen molar-refractivity contribution in [1.29, 1.82) is 0 Å². The van der Waals surface area contributed by atoms with Crippen LogP contribution >= 0.6 is 0 Å². The van der Waals surface area contributed by atoms with Gasteiger partial charge in [0.05, 0.1) is 12.5 Å². The summed E-state index contributed by atoms with van der Waals surface area (Å²) in [5.74, 6) is -5.10. The summed E-state index contributed by atoms with van der Waals surface area (Å²) in [4.78, 5) is 70.0. The van der Waals surface area contributed by atoms with Gasteiger partial charge in [0.2, 0.25) is 17.7 Å². The van der Waals surface area contributed by atoms with E-state index in [0.717, 1.165) is 10.9 Å². The number of hydrogen-bond acceptors (Lipinski definition) is 7. The number of carbonyl (C=O) groups is 5. The Labute approximate surface area is 258 Å². The number of aromatic nitrogens is 1. The van der Waals surface area contributed by atoms with Crippen molar-refractivity contribution in [3.8, 4) is 0 Å². The quantitative estimate of drug-likeness (QED) is 0.0521. The molecular formula is C30H38N8O7. The molecule has 4 unspecified atom stereocenters. The number of nitrogens with one attached hydrogen (secondary N) is 4. The first kappa shape index (κ1) is 34.1. The van der Waals surface area contributed by atoms with Crippen molar-refractivity contribution < 1.29 is 34.2 Å². The van der Waals surface area contributed by atoms with Crippen LogP contribution in [0.1, 0.15) is 30.4 Å². The highest BCUT2D eigenvalue weighted by Gasteiger charge is 2.31. The number of para-hydroxylation sites is 1. The van der Waals surface area contributed by atoms with Crippen molar-refractivity contribution in [2.75, 3.05) is 6.54 Å². The number of guanidine groups is 1. The lowest BCUT2D eigenvalue weighted by Gasteiger charge is -2.25. The first-order chi connectivity index (χ1) is 21.4. The second kappa shape index (κ2) is 16.4. The molecule has 0 fully saturated rings. The fourth-order valence-corrected chi connectivity index (χ4v) is 4.65. The van der Waals surface area contributed by atoms with Crippen LogP contribution in [0.3, 0.4) is 0 Å². The summed E-state index contributed by atoms with van der Waals surface area (Å²) in [6.45, 7) is 0.158. The van der Waals surface area contributed by atoms with Gasteiger partial charge in [-0.3, -0.25) is 24.2 Å². The highest BCUT2D eigenvalue weighted by molar-refractivity contribution is 5.95. The molecule has 4 atom stereocenters. The fourth-order valence-electron chi connectivity index (χ4n) is 4.65. The zero-order valence-electron chi connectivity index (χ0n) is 24.4. The van der Waals surface area contributed by atoms with Gasteiger partial charge < -0.3 is 48.3 Å². The lowest BCUT2D eigenvalue weighted by Crippen LogP contribution is -2.58. The average Bonchev–Trinajstić information content (AvgIpc) is 3.40. The minimum absolute atomic E-state index is 0.00499. The number of aliphatic imine (C=N–C) groups is 1. The smallest absolute Gasteiger partial charge is 0.326 e. The molecule has 15 nitrogen and oxygen atoms in total. The Balaban J connectivity index is 1.86. The van der Waals surface area contributed by atoms with Gasteiger partial charge in [-0.2, -0.15) is 0 Å². The van der Waals surface area contributed by atoms with Crippen LogP contribution in [0.4, 0.5) is 0 Å². The number of aliphatic carboxylic acids is 2. The van der Waals surface area contributed by atoms with E-state index in [1.54, 1.807) is 36.5 Å². The van der Waals surface area contributed by atoms with Gasteiger partial charge in [0.1, 0.15) is 18.1 Å². The van der Waals surface area contributed by atoms with Crippen molar-refractivity contribution in [3.05, 3.63) is 71.9 Å². The van der Waals surface area contributed by atoms with Gasteiger partial charge in [-0.1, -0.05) is 48.5 Å². The third-order valence-corrected chi connectivity index (χ3v) is 6.94. The first-order valence-corrected chi connectivity index (χ1v) is 14.2. The zero-order valence-corrected chi connectivity index (χ0v) is 24.4. The van der Waals surface area contributed by atoms with E-state index in [4.69, 9.17) is 22.3 Å². The number of amides is 3. The van der Waals surface area contributed by atoms with Gasteiger partial charge >= 0.3 is 11.9 Å². The molecule has 0 aliphatic carbocycles. The normalized spacial score (nSPS) is 13.5. The molecule has 0 aliphatic heterocycles. The summed E-state index contributed by atoms with van der Waals surface area (Å²) in [6, 6.07) is 10.8. The Morgan fingerprint density at radius 3 is 2.04 bits per heavy atom. The highest BCUT2D eigenvalue weighted by Crippen LogP contribution is 2.19. The maximum atomic E-state index is 13.8. The predicted molar refractivity (Wildman–Crippen MR) is 166 cm³/mol. The standard InChI is InChI=1S/C30H38N8O7/c31-20(15-25(39)40)26(41)37-24(14-18-16-35-21-10-5-4-9-19(18)21)28(43)38-23(13-17-7-2-1-3-8-17)27(42)36-22(29(44)45)11-6-12-34-30(32)33/h1-5,7-10,16,20,22-24,35H,6,11-15,31H2,(H,36,42)(H,37,41)(H,38,43)(H,39,40)(H,44,45)(H4,32,33,34). The third kappa shape index (κ3) is 10.7. The molecule has 0 aliphatic rings. The molecule has 240 valence electrons. The molecular weight excluding hydrogens is 584 g/mol. The topological polar surface area (TPSA) is 268 Å². The van der Waals surface area contributed by atoms with E-state index in [9.17, 15) is 29.1 Å². The number of fused-ring (bicyclic) bond motifs is 1. The minimum atomic E-state index is -1.43. The average molecular weight is 623 g/mol. The van der Waals surface area contributed by atoms with E-state index < -0.39 is 60.2 Å². The molecule has 3 rings (SSSR count). The van der Waals surface area contributed by atoms with Crippen molar-refractivity contribution in [2.24, 2.45) is 22.2 Å². The molecule has 15 heteroatoms. The molecule has 0 radical (unpaired) electrons. The maximum Gasteiger partial charge on any atom is 0.326 e. The summed E-state index contributed by atoms with van der Waals surface area (Å²) < 4.78 is 0. The number of benzene rings is 2. The molecule has 0 saturated carbocycles. The predicted octanol–water partition coefficient (Wildman–Crippen LogP) is -0.652. The Kier molecular flexibility index (Phi) is 12.4. The molecule has 2 aromatic carbocycles. The van der Waals surface area contributed by atoms with Gasteiger partial charge in [0.15, 0.2) is 5.96 Å². The summed E-state index contributed by atoms with van der Waals surface area (Å²) in [6.07, 6.45) is 1.29. The Morgan fingerprint density at radius 2 is 1.40 bits per heavy atom. The number of nitrogens with two attached hydrogens (primary N) is 3. The number of hydrogen-bond donors (Lipinski definition) is 9. The van der Waals surface area contributed by atoms with E-state index >= 15 is 0 Å². The van der Waals surface area contributed by atoms with Crippen LogP contribution in [0.5, 0.6) is 0 Å². The van der Waals surface area contributed by atoms with E-state index in [-0.39, 0.29) is 38.2 Å². The molecule has 45 heavy (non-hydrogen) atoms. The first-order valence-electron chi connectivity index (χ1n) is 14.2. The molecule has 3 aromatic rings. The Bertz CT molecular complexity index is 1520.